The lowest BCUT2D eigenvalue weighted by molar-refractivity contribution is 0.1000. The van der Waals surface area contributed by atoms with Gasteiger partial charge in [-0.2, -0.15) is 0 Å². The van der Waals surface area contributed by atoms with Crippen molar-refractivity contribution in [1.82, 2.24) is 9.97 Å². The molecule has 0 saturated carbocycles. The summed E-state index contributed by atoms with van der Waals surface area (Å²) < 4.78 is 0. The largest absolute Gasteiger partial charge is 0.370 e. The molecular weight excluding hydrogens is 430 g/mol. The van der Waals surface area contributed by atoms with Crippen LogP contribution in [0.2, 0.25) is 0 Å². The highest BCUT2D eigenvalue weighted by Gasteiger charge is 2.40. The summed E-state index contributed by atoms with van der Waals surface area (Å²) in [6, 6.07) is 9.90. The van der Waals surface area contributed by atoms with Crippen molar-refractivity contribution >= 4 is 29.3 Å². The summed E-state index contributed by atoms with van der Waals surface area (Å²) in [4.78, 5) is 24.1. The molecule has 1 fully saturated rings. The van der Waals surface area contributed by atoms with Crippen LogP contribution in [0.4, 0.5) is 11.6 Å². The quantitative estimate of drug-likeness (QED) is 0.354. The molecule has 0 spiro atoms. The van der Waals surface area contributed by atoms with Gasteiger partial charge in [-0.25, -0.2) is 9.97 Å². The molecule has 1 aliphatic rings. The summed E-state index contributed by atoms with van der Waals surface area (Å²) in [7, 11) is 0. The van der Waals surface area contributed by atoms with E-state index in [1.165, 1.54) is 0 Å². The smallest absolute Gasteiger partial charge is 0.252 e. The monoisotopic (exact) mass is 469 g/mol. The Morgan fingerprint density at radius 1 is 1.27 bits per heavy atom. The SMILES string of the molecule is CCC(C)(C)c1ccc(C(N)=O)c(N2C[C@@H](CCCNc3cccc(SC)n3)CC2(C)C)n1. The number of nitrogens with one attached hydrogen (secondary N) is 1. The van der Waals surface area contributed by atoms with Crippen LogP contribution >= 0.6 is 11.8 Å². The number of nitrogens with zero attached hydrogens (tertiary/aromatic N) is 3. The van der Waals surface area contributed by atoms with Gasteiger partial charge in [-0.1, -0.05) is 26.8 Å². The van der Waals surface area contributed by atoms with E-state index < -0.39 is 5.91 Å². The lowest BCUT2D eigenvalue weighted by Crippen LogP contribution is -2.40. The first kappa shape index (κ1) is 25.3. The fourth-order valence-electron chi connectivity index (χ4n) is 4.59. The molecule has 1 atom stereocenters. The minimum Gasteiger partial charge on any atom is -0.370 e. The van der Waals surface area contributed by atoms with Crippen LogP contribution in [-0.2, 0) is 5.41 Å². The number of carbonyl (C=O) groups excluding carboxylic acids is 1. The fraction of sp³-hybridized carbons (Fsp3) is 0.577. The van der Waals surface area contributed by atoms with Gasteiger partial charge in [-0.15, -0.1) is 11.8 Å². The topological polar surface area (TPSA) is 84.1 Å². The predicted octanol–water partition coefficient (Wildman–Crippen LogP) is 5.48. The number of anilines is 2. The number of nitrogens with two attached hydrogens (primary N) is 1. The third-order valence-electron chi connectivity index (χ3n) is 6.96. The molecule has 2 aromatic heterocycles. The molecule has 0 unspecified atom stereocenters. The third-order valence-corrected chi connectivity index (χ3v) is 7.61. The number of hydrogen-bond donors (Lipinski definition) is 2. The van der Waals surface area contributed by atoms with Crippen molar-refractivity contribution in [3.05, 3.63) is 41.6 Å². The lowest BCUT2D eigenvalue weighted by atomic mass is 9.85. The Balaban J connectivity index is 1.69. The van der Waals surface area contributed by atoms with E-state index in [9.17, 15) is 4.79 Å². The molecule has 180 valence electrons. The minimum atomic E-state index is -0.415. The average molecular weight is 470 g/mol. The molecule has 1 amide bonds. The predicted molar refractivity (Wildman–Crippen MR) is 139 cm³/mol. The maximum absolute atomic E-state index is 12.2. The maximum Gasteiger partial charge on any atom is 0.252 e. The van der Waals surface area contributed by atoms with E-state index in [1.54, 1.807) is 11.8 Å². The second kappa shape index (κ2) is 10.3. The minimum absolute atomic E-state index is 0.0541. The van der Waals surface area contributed by atoms with Crippen molar-refractivity contribution in [2.24, 2.45) is 11.7 Å². The molecule has 3 N–H and O–H groups in total. The zero-order valence-corrected chi connectivity index (χ0v) is 21.8. The van der Waals surface area contributed by atoms with Crippen LogP contribution < -0.4 is 16.0 Å². The number of rotatable bonds is 10. The normalized spacial score (nSPS) is 17.9. The fourth-order valence-corrected chi connectivity index (χ4v) is 5.00. The second-order valence-corrected chi connectivity index (χ2v) is 11.1. The van der Waals surface area contributed by atoms with Gasteiger partial charge in [0.05, 0.1) is 10.6 Å². The van der Waals surface area contributed by atoms with Gasteiger partial charge >= 0.3 is 0 Å². The summed E-state index contributed by atoms with van der Waals surface area (Å²) in [5.74, 6) is 1.80. The first-order valence-corrected chi connectivity index (χ1v) is 13.1. The molecule has 0 radical (unpaired) electrons. The number of aromatic nitrogens is 2. The van der Waals surface area contributed by atoms with Crippen LogP contribution in [0.5, 0.6) is 0 Å². The van der Waals surface area contributed by atoms with Crippen molar-refractivity contribution < 1.29 is 4.79 Å². The van der Waals surface area contributed by atoms with Gasteiger partial charge in [0, 0.05) is 29.7 Å². The average Bonchev–Trinajstić information content (AvgIpc) is 3.10. The summed E-state index contributed by atoms with van der Waals surface area (Å²) in [5, 5.41) is 4.48. The van der Waals surface area contributed by atoms with Crippen LogP contribution in [0.1, 0.15) is 76.4 Å². The van der Waals surface area contributed by atoms with E-state index in [0.29, 0.717) is 11.5 Å². The van der Waals surface area contributed by atoms with Crippen LogP contribution in [0.3, 0.4) is 0 Å². The van der Waals surface area contributed by atoms with Gasteiger partial charge in [0.2, 0.25) is 0 Å². The number of amides is 1. The van der Waals surface area contributed by atoms with Crippen molar-refractivity contribution in [2.75, 3.05) is 29.6 Å². The Labute approximate surface area is 203 Å². The number of thioether (sulfide) groups is 1. The molecular formula is C26H39N5OS. The summed E-state index contributed by atoms with van der Waals surface area (Å²) in [5.41, 5.74) is 7.13. The van der Waals surface area contributed by atoms with Gasteiger partial charge in [-0.05, 0) is 76.0 Å². The van der Waals surface area contributed by atoms with Gasteiger partial charge in [0.15, 0.2) is 0 Å². The summed E-state index contributed by atoms with van der Waals surface area (Å²) in [6.45, 7) is 12.8. The Morgan fingerprint density at radius 3 is 2.70 bits per heavy atom. The molecule has 0 aliphatic carbocycles. The molecule has 0 bridgehead atoms. The first-order valence-electron chi connectivity index (χ1n) is 11.9. The Bertz CT molecular complexity index is 975. The standard InChI is InChI=1S/C26H39N5OS/c1-7-25(2,3)20-14-13-19(23(27)32)24(29-20)31-17-18(16-26(31,4)5)10-9-15-28-21-11-8-12-22(30-21)33-6/h8,11-14,18H,7,9-10,15-17H2,1-6H3,(H2,27,32)(H,28,30)/t18-/m0/s1. The molecule has 2 aromatic rings. The zero-order chi connectivity index (χ0) is 24.2. The molecule has 3 heterocycles. The molecule has 3 rings (SSSR count). The first-order chi connectivity index (χ1) is 15.6. The Kier molecular flexibility index (Phi) is 7.93. The molecule has 6 nitrogen and oxygen atoms in total. The zero-order valence-electron chi connectivity index (χ0n) is 20.9. The Hall–Kier alpha value is -2.28. The molecule has 7 heteroatoms. The van der Waals surface area contributed by atoms with E-state index >= 15 is 0 Å². The van der Waals surface area contributed by atoms with E-state index in [4.69, 9.17) is 10.7 Å². The number of hydrogen-bond acceptors (Lipinski definition) is 6. The summed E-state index contributed by atoms with van der Waals surface area (Å²) >= 11 is 1.65. The van der Waals surface area contributed by atoms with E-state index in [1.807, 2.05) is 36.6 Å². The number of primary amides is 1. The van der Waals surface area contributed by atoms with E-state index in [0.717, 1.165) is 61.1 Å². The molecule has 33 heavy (non-hydrogen) atoms. The lowest BCUT2D eigenvalue weighted by Gasteiger charge is -2.35. The van der Waals surface area contributed by atoms with Crippen molar-refractivity contribution in [2.45, 2.75) is 76.3 Å². The van der Waals surface area contributed by atoms with Gasteiger partial charge in [-0.3, -0.25) is 4.79 Å². The van der Waals surface area contributed by atoms with Crippen LogP contribution in [0.25, 0.3) is 0 Å². The van der Waals surface area contributed by atoms with E-state index in [2.05, 4.69) is 49.8 Å². The molecule has 1 aliphatic heterocycles. The maximum atomic E-state index is 12.2. The van der Waals surface area contributed by atoms with E-state index in [-0.39, 0.29) is 11.0 Å². The van der Waals surface area contributed by atoms with Crippen LogP contribution in [-0.4, -0.2) is 40.8 Å². The highest BCUT2D eigenvalue weighted by molar-refractivity contribution is 7.98. The van der Waals surface area contributed by atoms with Crippen LogP contribution in [0.15, 0.2) is 35.4 Å². The summed E-state index contributed by atoms with van der Waals surface area (Å²) in [6.07, 6.45) is 6.26. The highest BCUT2D eigenvalue weighted by atomic mass is 32.2. The third kappa shape index (κ3) is 5.99. The van der Waals surface area contributed by atoms with Gasteiger partial charge < -0.3 is 16.0 Å². The number of carbonyl (C=O) groups is 1. The Morgan fingerprint density at radius 2 is 2.03 bits per heavy atom. The highest BCUT2D eigenvalue weighted by Crippen LogP contribution is 2.40. The number of pyridine rings is 2. The van der Waals surface area contributed by atoms with Crippen molar-refractivity contribution in [3.8, 4) is 0 Å². The van der Waals surface area contributed by atoms with Crippen molar-refractivity contribution in [1.29, 1.82) is 0 Å². The van der Waals surface area contributed by atoms with Crippen molar-refractivity contribution in [3.63, 3.8) is 0 Å². The van der Waals surface area contributed by atoms with Gasteiger partial charge in [0.25, 0.3) is 5.91 Å². The van der Waals surface area contributed by atoms with Gasteiger partial charge in [0.1, 0.15) is 11.6 Å². The van der Waals surface area contributed by atoms with Crippen LogP contribution in [0, 0.1) is 5.92 Å². The molecule has 1 saturated heterocycles. The molecule has 0 aromatic carbocycles. The second-order valence-electron chi connectivity index (χ2n) is 10.3.